The van der Waals surface area contributed by atoms with E-state index in [1.165, 1.54) is 6.42 Å². The lowest BCUT2D eigenvalue weighted by Gasteiger charge is -2.09. The maximum atomic E-state index is 11.1. The van der Waals surface area contributed by atoms with E-state index in [1.807, 2.05) is 0 Å². The Morgan fingerprint density at radius 3 is 2.29 bits per heavy atom. The van der Waals surface area contributed by atoms with Crippen LogP contribution in [0.25, 0.3) is 0 Å². The maximum absolute atomic E-state index is 11.1. The first-order chi connectivity index (χ1) is 8.04. The van der Waals surface area contributed by atoms with Crippen molar-refractivity contribution in [3.05, 3.63) is 12.2 Å². The molecule has 0 fully saturated rings. The summed E-state index contributed by atoms with van der Waals surface area (Å²) in [5.41, 5.74) is 0.576. The number of hydrogen-bond acceptors (Lipinski definition) is 3. The molecule has 2 N–H and O–H groups in total. The molecule has 0 atom stereocenters. The Morgan fingerprint density at radius 2 is 1.71 bits per heavy atom. The van der Waals surface area contributed by atoms with Gasteiger partial charge in [-0.05, 0) is 59.9 Å². The van der Waals surface area contributed by atoms with Gasteiger partial charge >= 0.3 is 0 Å². The first kappa shape index (κ1) is 16.1. The van der Waals surface area contributed by atoms with Crippen LogP contribution in [0.4, 0.5) is 0 Å². The molecule has 100 valence electrons. The summed E-state index contributed by atoms with van der Waals surface area (Å²) in [6, 6.07) is 0. The minimum absolute atomic E-state index is 0.0380. The lowest BCUT2D eigenvalue weighted by molar-refractivity contribution is -0.117. The van der Waals surface area contributed by atoms with Crippen LogP contribution in [0.2, 0.25) is 0 Å². The third kappa shape index (κ3) is 11.4. The third-order valence-electron chi connectivity index (χ3n) is 2.41. The second kappa shape index (κ2) is 10.3. The number of hydrogen-bond donors (Lipinski definition) is 2. The summed E-state index contributed by atoms with van der Waals surface area (Å²) in [5.74, 6) is -0.0380. The quantitative estimate of drug-likeness (QED) is 0.443. The summed E-state index contributed by atoms with van der Waals surface area (Å²) in [7, 11) is 4.18. The maximum Gasteiger partial charge on any atom is 0.246 e. The van der Waals surface area contributed by atoms with Gasteiger partial charge in [0.15, 0.2) is 0 Å². The largest absolute Gasteiger partial charge is 0.352 e. The molecule has 0 heterocycles. The van der Waals surface area contributed by atoms with Gasteiger partial charge in [-0.25, -0.2) is 0 Å². The van der Waals surface area contributed by atoms with Crippen LogP contribution in [-0.2, 0) is 4.79 Å². The molecule has 4 nitrogen and oxygen atoms in total. The lowest BCUT2D eigenvalue weighted by atomic mass is 10.3. The number of amides is 1. The van der Waals surface area contributed by atoms with Crippen LogP contribution >= 0.6 is 0 Å². The van der Waals surface area contributed by atoms with Crippen molar-refractivity contribution in [3.63, 3.8) is 0 Å². The molecule has 0 spiro atoms. The fraction of sp³-hybridized carbons (Fsp3) is 0.769. The summed E-state index contributed by atoms with van der Waals surface area (Å²) in [4.78, 5) is 13.3. The Kier molecular flexibility index (Phi) is 9.77. The minimum atomic E-state index is -0.0380. The van der Waals surface area contributed by atoms with Crippen LogP contribution in [0.15, 0.2) is 12.2 Å². The second-order valence-corrected chi connectivity index (χ2v) is 4.65. The third-order valence-corrected chi connectivity index (χ3v) is 2.41. The summed E-state index contributed by atoms with van der Waals surface area (Å²) in [5, 5.41) is 6.22. The van der Waals surface area contributed by atoms with E-state index < -0.39 is 0 Å². The zero-order valence-electron chi connectivity index (χ0n) is 11.5. The van der Waals surface area contributed by atoms with Gasteiger partial charge in [0.1, 0.15) is 0 Å². The Labute approximate surface area is 105 Å². The highest BCUT2D eigenvalue weighted by Gasteiger charge is 1.99. The van der Waals surface area contributed by atoms with Crippen LogP contribution in [0.1, 0.15) is 26.2 Å². The van der Waals surface area contributed by atoms with E-state index in [2.05, 4.69) is 36.2 Å². The molecule has 4 heteroatoms. The van der Waals surface area contributed by atoms with Crippen molar-refractivity contribution in [2.45, 2.75) is 26.2 Å². The van der Waals surface area contributed by atoms with Crippen molar-refractivity contribution >= 4 is 5.91 Å². The number of nitrogens with zero attached hydrogens (tertiary/aromatic N) is 1. The van der Waals surface area contributed by atoms with Gasteiger partial charge in [-0.15, -0.1) is 0 Å². The minimum Gasteiger partial charge on any atom is -0.352 e. The summed E-state index contributed by atoms with van der Waals surface area (Å²) in [6.07, 6.45) is 3.29. The van der Waals surface area contributed by atoms with E-state index in [9.17, 15) is 4.79 Å². The van der Waals surface area contributed by atoms with Crippen LogP contribution in [0.3, 0.4) is 0 Å². The van der Waals surface area contributed by atoms with E-state index in [-0.39, 0.29) is 5.91 Å². The molecule has 0 aromatic carbocycles. The van der Waals surface area contributed by atoms with E-state index in [4.69, 9.17) is 0 Å². The molecule has 0 aliphatic rings. The van der Waals surface area contributed by atoms with Gasteiger partial charge in [-0.1, -0.05) is 6.58 Å². The lowest BCUT2D eigenvalue weighted by Crippen LogP contribution is -2.26. The van der Waals surface area contributed by atoms with Crippen molar-refractivity contribution in [2.75, 3.05) is 40.3 Å². The van der Waals surface area contributed by atoms with E-state index in [1.54, 1.807) is 6.92 Å². The van der Waals surface area contributed by atoms with Crippen LogP contribution in [0.5, 0.6) is 0 Å². The number of unbranched alkanes of at least 4 members (excludes halogenated alkanes) is 1. The molecule has 0 rings (SSSR count). The second-order valence-electron chi connectivity index (χ2n) is 4.65. The monoisotopic (exact) mass is 241 g/mol. The number of rotatable bonds is 10. The molecule has 0 aliphatic carbocycles. The van der Waals surface area contributed by atoms with E-state index in [0.29, 0.717) is 5.57 Å². The van der Waals surface area contributed by atoms with Gasteiger partial charge in [0, 0.05) is 12.1 Å². The average Bonchev–Trinajstić information content (AvgIpc) is 2.25. The number of nitrogens with one attached hydrogen (secondary N) is 2. The molecule has 0 saturated carbocycles. The Balaban J connectivity index is 3.14. The first-order valence-electron chi connectivity index (χ1n) is 6.33. The zero-order chi connectivity index (χ0) is 13.1. The standard InChI is InChI=1S/C13H27N3O/c1-12(2)13(17)15-10-6-5-8-14-9-7-11-16(3)4/h14H,1,5-11H2,2-4H3,(H,15,17). The topological polar surface area (TPSA) is 44.4 Å². The van der Waals surface area contributed by atoms with Gasteiger partial charge in [0.25, 0.3) is 0 Å². The average molecular weight is 241 g/mol. The van der Waals surface area contributed by atoms with Gasteiger partial charge < -0.3 is 15.5 Å². The molecule has 0 radical (unpaired) electrons. The molecule has 0 aromatic heterocycles. The predicted octanol–water partition coefficient (Wildman–Crippen LogP) is 1.00. The number of carbonyl (C=O) groups is 1. The molecule has 0 saturated heterocycles. The Bertz CT molecular complexity index is 227. The highest BCUT2D eigenvalue weighted by molar-refractivity contribution is 5.91. The number of carbonyl (C=O) groups excluding carboxylic acids is 1. The summed E-state index contributed by atoms with van der Waals surface area (Å²) >= 11 is 0. The smallest absolute Gasteiger partial charge is 0.246 e. The normalized spacial score (nSPS) is 10.6. The summed E-state index contributed by atoms with van der Waals surface area (Å²) < 4.78 is 0. The fourth-order valence-electron chi connectivity index (χ4n) is 1.37. The van der Waals surface area contributed by atoms with Gasteiger partial charge in [0.05, 0.1) is 0 Å². The molecule has 0 bridgehead atoms. The fourth-order valence-corrected chi connectivity index (χ4v) is 1.37. The zero-order valence-corrected chi connectivity index (χ0v) is 11.5. The highest BCUT2D eigenvalue weighted by Crippen LogP contribution is 1.89. The molecule has 0 aromatic rings. The molecule has 1 amide bonds. The van der Waals surface area contributed by atoms with Gasteiger partial charge in [-0.2, -0.15) is 0 Å². The van der Waals surface area contributed by atoms with Crippen molar-refractivity contribution in [1.29, 1.82) is 0 Å². The van der Waals surface area contributed by atoms with E-state index >= 15 is 0 Å². The SMILES string of the molecule is C=C(C)C(=O)NCCCCNCCCN(C)C. The Hall–Kier alpha value is -0.870. The van der Waals surface area contributed by atoms with Gasteiger partial charge in [0.2, 0.25) is 5.91 Å². The van der Waals surface area contributed by atoms with Crippen LogP contribution in [-0.4, -0.2) is 51.1 Å². The first-order valence-corrected chi connectivity index (χ1v) is 6.33. The van der Waals surface area contributed by atoms with Gasteiger partial charge in [-0.3, -0.25) is 4.79 Å². The van der Waals surface area contributed by atoms with Crippen molar-refractivity contribution < 1.29 is 4.79 Å². The summed E-state index contributed by atoms with van der Waals surface area (Å²) in [6.45, 7) is 9.27. The van der Waals surface area contributed by atoms with Crippen molar-refractivity contribution in [3.8, 4) is 0 Å². The van der Waals surface area contributed by atoms with Crippen LogP contribution < -0.4 is 10.6 Å². The molecular formula is C13H27N3O. The predicted molar refractivity (Wildman–Crippen MR) is 73.1 cm³/mol. The highest BCUT2D eigenvalue weighted by atomic mass is 16.1. The Morgan fingerprint density at radius 1 is 1.12 bits per heavy atom. The van der Waals surface area contributed by atoms with Crippen molar-refractivity contribution in [2.24, 2.45) is 0 Å². The van der Waals surface area contributed by atoms with E-state index in [0.717, 1.165) is 39.0 Å². The van der Waals surface area contributed by atoms with Crippen LogP contribution in [0, 0.1) is 0 Å². The molecule has 0 unspecified atom stereocenters. The van der Waals surface area contributed by atoms with Crippen molar-refractivity contribution in [1.82, 2.24) is 15.5 Å². The molecule has 0 aliphatic heterocycles. The molecule has 17 heavy (non-hydrogen) atoms. The molecular weight excluding hydrogens is 214 g/mol.